The quantitative estimate of drug-likeness (QED) is 0.0956. The van der Waals surface area contributed by atoms with Gasteiger partial charge >= 0.3 is 0 Å². The van der Waals surface area contributed by atoms with Crippen LogP contribution in [0.4, 0.5) is 0 Å². The fraction of sp³-hybridized carbons (Fsp3) is 0.576. The average molecular weight is 569 g/mol. The molecule has 0 aliphatic carbocycles. The maximum Gasteiger partial charge on any atom is 0.161 e. The highest BCUT2D eigenvalue weighted by molar-refractivity contribution is 5.42. The van der Waals surface area contributed by atoms with Crippen LogP contribution in [-0.2, 0) is 19.3 Å². The summed E-state index contributed by atoms with van der Waals surface area (Å²) in [7, 11) is 0. The van der Waals surface area contributed by atoms with Crippen molar-refractivity contribution < 1.29 is 19.4 Å². The third-order valence-electron chi connectivity index (χ3n) is 7.45. The number of aliphatic hydroxyl groups is 1. The molecule has 0 saturated heterocycles. The molecule has 228 valence electrons. The SMILES string of the molecule is CCNC(COc1cc(CCc2ccc(CCCCCCCN)o2)ccc1O)c1cc(C(C)CNCC(C)O)c[nH]1. The number of furan rings is 1. The number of H-pyrrole nitrogens is 1. The summed E-state index contributed by atoms with van der Waals surface area (Å²) >= 11 is 0. The Morgan fingerprint density at radius 1 is 0.951 bits per heavy atom. The smallest absolute Gasteiger partial charge is 0.161 e. The van der Waals surface area contributed by atoms with E-state index in [4.69, 9.17) is 14.9 Å². The van der Waals surface area contributed by atoms with Gasteiger partial charge in [-0.1, -0.05) is 39.2 Å². The Kier molecular flexibility index (Phi) is 14.3. The minimum Gasteiger partial charge on any atom is -0.504 e. The molecule has 0 bridgehead atoms. The van der Waals surface area contributed by atoms with E-state index in [-0.39, 0.29) is 17.9 Å². The normalized spacial score (nSPS) is 13.8. The first-order valence-electron chi connectivity index (χ1n) is 15.4. The third kappa shape index (κ3) is 11.6. The molecule has 8 nitrogen and oxygen atoms in total. The molecular weight excluding hydrogens is 516 g/mol. The average Bonchev–Trinajstić information content (AvgIpc) is 3.63. The van der Waals surface area contributed by atoms with E-state index in [1.54, 1.807) is 13.0 Å². The van der Waals surface area contributed by atoms with Gasteiger partial charge in [0.25, 0.3) is 0 Å². The van der Waals surface area contributed by atoms with Crippen molar-refractivity contribution >= 4 is 0 Å². The number of phenols is 1. The number of rotatable bonds is 21. The van der Waals surface area contributed by atoms with E-state index in [2.05, 4.69) is 47.7 Å². The first-order valence-corrected chi connectivity index (χ1v) is 15.4. The minimum absolute atomic E-state index is 0.0448. The van der Waals surface area contributed by atoms with Gasteiger partial charge in [0, 0.05) is 37.8 Å². The highest BCUT2D eigenvalue weighted by Crippen LogP contribution is 2.29. The van der Waals surface area contributed by atoms with Crippen molar-refractivity contribution in [3.63, 3.8) is 0 Å². The van der Waals surface area contributed by atoms with Crippen LogP contribution >= 0.6 is 0 Å². The Morgan fingerprint density at radius 2 is 1.71 bits per heavy atom. The number of aromatic nitrogens is 1. The molecular formula is C33H52N4O4. The van der Waals surface area contributed by atoms with E-state index in [9.17, 15) is 10.2 Å². The van der Waals surface area contributed by atoms with Crippen molar-refractivity contribution in [2.45, 2.75) is 90.2 Å². The first-order chi connectivity index (χ1) is 19.9. The summed E-state index contributed by atoms with van der Waals surface area (Å²) in [5.74, 6) is 2.98. The van der Waals surface area contributed by atoms with E-state index < -0.39 is 0 Å². The fourth-order valence-corrected chi connectivity index (χ4v) is 4.98. The number of likely N-dealkylation sites (N-methyl/N-ethyl adjacent to an activating group) is 1. The van der Waals surface area contributed by atoms with Gasteiger partial charge in [-0.15, -0.1) is 0 Å². The van der Waals surface area contributed by atoms with Crippen molar-refractivity contribution in [1.82, 2.24) is 15.6 Å². The molecule has 3 unspecified atom stereocenters. The third-order valence-corrected chi connectivity index (χ3v) is 7.45. The van der Waals surface area contributed by atoms with E-state index in [1.165, 1.54) is 24.8 Å². The topological polar surface area (TPSA) is 129 Å². The van der Waals surface area contributed by atoms with Gasteiger partial charge in [-0.3, -0.25) is 0 Å². The summed E-state index contributed by atoms with van der Waals surface area (Å²) in [4.78, 5) is 3.40. The zero-order valence-electron chi connectivity index (χ0n) is 25.3. The number of nitrogens with two attached hydrogens (primary N) is 1. The van der Waals surface area contributed by atoms with Gasteiger partial charge in [-0.05, 0) is 86.7 Å². The lowest BCUT2D eigenvalue weighted by atomic mass is 10.0. The van der Waals surface area contributed by atoms with Crippen LogP contribution in [0.25, 0.3) is 0 Å². The Hall–Kier alpha value is -2.78. The van der Waals surface area contributed by atoms with Crippen LogP contribution in [0.5, 0.6) is 11.5 Å². The van der Waals surface area contributed by atoms with Crippen LogP contribution in [0.3, 0.4) is 0 Å². The van der Waals surface area contributed by atoms with Crippen LogP contribution < -0.4 is 21.1 Å². The molecule has 0 radical (unpaired) electrons. The number of nitrogens with one attached hydrogen (secondary N) is 3. The van der Waals surface area contributed by atoms with Crippen LogP contribution in [0, 0.1) is 0 Å². The maximum atomic E-state index is 10.5. The summed E-state index contributed by atoms with van der Waals surface area (Å²) in [6, 6.07) is 11.9. The van der Waals surface area contributed by atoms with Crippen LogP contribution in [-0.4, -0.2) is 54.1 Å². The number of benzene rings is 1. The fourth-order valence-electron chi connectivity index (χ4n) is 4.98. The number of aromatic hydroxyl groups is 1. The predicted molar refractivity (Wildman–Crippen MR) is 166 cm³/mol. The van der Waals surface area contributed by atoms with Gasteiger partial charge in [0.15, 0.2) is 11.5 Å². The highest BCUT2D eigenvalue weighted by atomic mass is 16.5. The second-order valence-electron chi connectivity index (χ2n) is 11.2. The number of hydrogen-bond acceptors (Lipinski definition) is 7. The molecule has 0 spiro atoms. The van der Waals surface area contributed by atoms with Gasteiger partial charge in [-0.25, -0.2) is 0 Å². The second kappa shape index (κ2) is 17.9. The van der Waals surface area contributed by atoms with E-state index in [0.717, 1.165) is 74.5 Å². The molecule has 0 amide bonds. The van der Waals surface area contributed by atoms with Crippen molar-refractivity contribution in [3.8, 4) is 11.5 Å². The second-order valence-corrected chi connectivity index (χ2v) is 11.2. The molecule has 0 aliphatic heterocycles. The van der Waals surface area contributed by atoms with E-state index in [0.29, 0.717) is 24.8 Å². The number of hydrogen-bond donors (Lipinski definition) is 6. The molecule has 2 aromatic heterocycles. The molecule has 0 aliphatic rings. The molecule has 3 rings (SSSR count). The predicted octanol–water partition coefficient (Wildman–Crippen LogP) is 5.35. The van der Waals surface area contributed by atoms with Gasteiger partial charge in [0.2, 0.25) is 0 Å². The number of aryl methyl sites for hydroxylation is 3. The number of unbranched alkanes of at least 4 members (excludes halogenated alkanes) is 4. The van der Waals surface area contributed by atoms with E-state index in [1.807, 2.05) is 18.3 Å². The van der Waals surface area contributed by atoms with E-state index >= 15 is 0 Å². The Bertz CT molecular complexity index is 1130. The molecule has 0 saturated carbocycles. The number of phenolic OH excluding ortho intramolecular Hbond substituents is 1. The lowest BCUT2D eigenvalue weighted by Crippen LogP contribution is -2.28. The van der Waals surface area contributed by atoms with Crippen molar-refractivity contribution in [3.05, 3.63) is 70.9 Å². The summed E-state index contributed by atoms with van der Waals surface area (Å²) in [6.45, 7) is 9.35. The number of aromatic amines is 1. The highest BCUT2D eigenvalue weighted by Gasteiger charge is 2.17. The lowest BCUT2D eigenvalue weighted by Gasteiger charge is -2.18. The first kappa shape index (κ1) is 32.7. The van der Waals surface area contributed by atoms with Crippen molar-refractivity contribution in [1.29, 1.82) is 0 Å². The summed E-state index contributed by atoms with van der Waals surface area (Å²) in [6.07, 6.45) is 10.2. The molecule has 3 atom stereocenters. The Labute approximate surface area is 246 Å². The molecule has 0 fully saturated rings. The van der Waals surface area contributed by atoms with Crippen molar-refractivity contribution in [2.24, 2.45) is 5.73 Å². The van der Waals surface area contributed by atoms with Crippen LogP contribution in [0.1, 0.15) is 93.2 Å². The van der Waals surface area contributed by atoms with Gasteiger partial charge in [0.1, 0.15) is 18.1 Å². The maximum absolute atomic E-state index is 10.5. The zero-order chi connectivity index (χ0) is 29.5. The molecule has 7 N–H and O–H groups in total. The Balaban J connectivity index is 1.50. The minimum atomic E-state index is -0.357. The molecule has 8 heteroatoms. The van der Waals surface area contributed by atoms with Crippen LogP contribution in [0.2, 0.25) is 0 Å². The number of ether oxygens (including phenoxy) is 1. The zero-order valence-corrected chi connectivity index (χ0v) is 25.3. The molecule has 1 aromatic carbocycles. The standard InChI is InChI=1S/C33H52N4O4/c1-4-36-31(30-19-27(22-37-30)24(2)20-35-21-25(3)38)23-40-33-18-26(12-16-32(33)39)11-13-29-15-14-28(41-29)10-8-6-5-7-9-17-34/h12,14-16,18-19,22,24-25,31,35-39H,4-11,13,17,20-21,23,34H2,1-3H3. The monoisotopic (exact) mass is 568 g/mol. The summed E-state index contributed by atoms with van der Waals surface area (Å²) in [5, 5.41) is 26.8. The molecule has 2 heterocycles. The number of aliphatic hydroxyl groups excluding tert-OH is 1. The largest absolute Gasteiger partial charge is 0.504 e. The van der Waals surface area contributed by atoms with Gasteiger partial charge < -0.3 is 40.7 Å². The van der Waals surface area contributed by atoms with Gasteiger partial charge in [0.05, 0.1) is 12.1 Å². The summed E-state index contributed by atoms with van der Waals surface area (Å²) in [5.41, 5.74) is 8.91. The molecule has 3 aromatic rings. The van der Waals surface area contributed by atoms with Crippen LogP contribution in [0.15, 0.2) is 47.0 Å². The molecule has 41 heavy (non-hydrogen) atoms. The Morgan fingerprint density at radius 3 is 2.46 bits per heavy atom. The van der Waals surface area contributed by atoms with Crippen molar-refractivity contribution in [2.75, 3.05) is 32.8 Å². The lowest BCUT2D eigenvalue weighted by molar-refractivity contribution is 0.191. The van der Waals surface area contributed by atoms with Gasteiger partial charge in [-0.2, -0.15) is 0 Å². The summed E-state index contributed by atoms with van der Waals surface area (Å²) < 4.78 is 12.2.